The van der Waals surface area contributed by atoms with Crippen molar-refractivity contribution in [1.29, 1.82) is 0 Å². The van der Waals surface area contributed by atoms with Gasteiger partial charge in [0.25, 0.3) is 5.56 Å². The number of imidazole rings is 1. The van der Waals surface area contributed by atoms with Gasteiger partial charge in [0.05, 0.1) is 0 Å². The molecule has 0 spiro atoms. The molecule has 0 atom stereocenters. The Labute approximate surface area is 129 Å². The topological polar surface area (TPSA) is 87.8 Å². The molecule has 2 N–H and O–H groups in total. The maximum absolute atomic E-state index is 12.6. The summed E-state index contributed by atoms with van der Waals surface area (Å²) >= 11 is 0. The molecule has 0 aliphatic heterocycles. The molecule has 2 aromatic rings. The zero-order chi connectivity index (χ0) is 16.8. The third-order valence-corrected chi connectivity index (χ3v) is 3.65. The highest BCUT2D eigenvalue weighted by atomic mass is 16.2. The van der Waals surface area contributed by atoms with E-state index >= 15 is 0 Å². The van der Waals surface area contributed by atoms with Gasteiger partial charge in [0.15, 0.2) is 11.2 Å². The minimum Gasteiger partial charge on any atom is -0.324 e. The minimum absolute atomic E-state index is 0.0826. The Bertz CT molecular complexity index is 818. The summed E-state index contributed by atoms with van der Waals surface area (Å²) in [6, 6.07) is -0.0826. The predicted molar refractivity (Wildman–Crippen MR) is 87.3 cm³/mol. The second-order valence-electron chi connectivity index (χ2n) is 6.74. The van der Waals surface area contributed by atoms with Crippen LogP contribution in [0, 0.1) is 0 Å². The lowest BCUT2D eigenvalue weighted by molar-refractivity contribution is 0.431. The minimum atomic E-state index is -0.485. The zero-order valence-electron chi connectivity index (χ0n) is 14.2. The lowest BCUT2D eigenvalue weighted by Gasteiger charge is -2.21. The first-order valence-corrected chi connectivity index (χ1v) is 7.58. The Hall–Kier alpha value is -1.89. The van der Waals surface area contributed by atoms with E-state index in [1.807, 2.05) is 39.2 Å². The van der Waals surface area contributed by atoms with Crippen molar-refractivity contribution in [2.24, 2.45) is 12.8 Å². The molecule has 0 saturated heterocycles. The molecule has 7 nitrogen and oxygen atoms in total. The fourth-order valence-corrected chi connectivity index (χ4v) is 2.68. The number of aromatic nitrogens is 4. The number of rotatable bonds is 4. The lowest BCUT2D eigenvalue weighted by atomic mass is 10.1. The van der Waals surface area contributed by atoms with Gasteiger partial charge in [0, 0.05) is 31.6 Å². The quantitative estimate of drug-likeness (QED) is 0.904. The summed E-state index contributed by atoms with van der Waals surface area (Å²) in [7, 11) is 1.50. The van der Waals surface area contributed by atoms with Gasteiger partial charge in [0.2, 0.25) is 0 Å². The molecule has 0 aliphatic carbocycles. The Balaban J connectivity index is 2.98. The lowest BCUT2D eigenvalue weighted by Crippen LogP contribution is -2.41. The van der Waals surface area contributed by atoms with Crippen LogP contribution in [-0.4, -0.2) is 24.2 Å². The molecule has 0 amide bonds. The number of aryl methyl sites for hydroxylation is 1. The van der Waals surface area contributed by atoms with Crippen molar-refractivity contribution in [3.63, 3.8) is 0 Å². The summed E-state index contributed by atoms with van der Waals surface area (Å²) in [5.74, 6) is 0.769. The molecule has 0 aromatic carbocycles. The number of nitrogens with two attached hydrogens (primary N) is 1. The molecule has 0 aliphatic rings. The SMILES string of the molecule is CCc1nc2c(c(=O)n(C)c(=O)n2C(C)C)n1CC(C)(C)N. The fourth-order valence-electron chi connectivity index (χ4n) is 2.68. The van der Waals surface area contributed by atoms with Crippen LogP contribution in [0.1, 0.15) is 46.5 Å². The monoisotopic (exact) mass is 307 g/mol. The van der Waals surface area contributed by atoms with Crippen LogP contribution < -0.4 is 17.0 Å². The second-order valence-corrected chi connectivity index (χ2v) is 6.74. The predicted octanol–water partition coefficient (Wildman–Crippen LogP) is 0.777. The van der Waals surface area contributed by atoms with E-state index in [1.165, 1.54) is 7.05 Å². The van der Waals surface area contributed by atoms with Gasteiger partial charge in [-0.05, 0) is 27.7 Å². The Kier molecular flexibility index (Phi) is 4.04. The molecule has 0 unspecified atom stereocenters. The van der Waals surface area contributed by atoms with E-state index < -0.39 is 5.54 Å². The van der Waals surface area contributed by atoms with Gasteiger partial charge in [-0.2, -0.15) is 0 Å². The van der Waals surface area contributed by atoms with Crippen molar-refractivity contribution in [1.82, 2.24) is 18.7 Å². The molecule has 0 bridgehead atoms. The van der Waals surface area contributed by atoms with Gasteiger partial charge in [-0.25, -0.2) is 9.78 Å². The third kappa shape index (κ3) is 2.61. The van der Waals surface area contributed by atoms with Crippen molar-refractivity contribution in [2.75, 3.05) is 0 Å². The molecule has 2 aromatic heterocycles. The van der Waals surface area contributed by atoms with E-state index in [0.717, 1.165) is 10.4 Å². The Morgan fingerprint density at radius 1 is 1.27 bits per heavy atom. The van der Waals surface area contributed by atoms with E-state index in [0.29, 0.717) is 24.1 Å². The maximum Gasteiger partial charge on any atom is 0.332 e. The van der Waals surface area contributed by atoms with Crippen molar-refractivity contribution in [2.45, 2.75) is 59.2 Å². The van der Waals surface area contributed by atoms with Crippen molar-refractivity contribution in [3.05, 3.63) is 26.7 Å². The van der Waals surface area contributed by atoms with Gasteiger partial charge < -0.3 is 10.3 Å². The van der Waals surface area contributed by atoms with E-state index in [4.69, 9.17) is 5.73 Å². The third-order valence-electron chi connectivity index (χ3n) is 3.65. The van der Waals surface area contributed by atoms with E-state index in [1.54, 1.807) is 4.57 Å². The van der Waals surface area contributed by atoms with Crippen molar-refractivity contribution < 1.29 is 0 Å². The van der Waals surface area contributed by atoms with Crippen LogP contribution in [0.4, 0.5) is 0 Å². The molecular formula is C15H25N5O2. The highest BCUT2D eigenvalue weighted by Crippen LogP contribution is 2.17. The van der Waals surface area contributed by atoms with Gasteiger partial charge in [0.1, 0.15) is 5.82 Å². The van der Waals surface area contributed by atoms with Gasteiger partial charge in [-0.3, -0.25) is 13.9 Å². The first kappa shape index (κ1) is 16.5. The highest BCUT2D eigenvalue weighted by Gasteiger charge is 2.23. The number of hydrogen-bond donors (Lipinski definition) is 1. The highest BCUT2D eigenvalue weighted by molar-refractivity contribution is 5.71. The first-order valence-electron chi connectivity index (χ1n) is 7.58. The zero-order valence-corrected chi connectivity index (χ0v) is 14.2. The Morgan fingerprint density at radius 2 is 1.86 bits per heavy atom. The van der Waals surface area contributed by atoms with Crippen LogP contribution in [-0.2, 0) is 20.0 Å². The summed E-state index contributed by atoms with van der Waals surface area (Å²) in [5, 5.41) is 0. The van der Waals surface area contributed by atoms with Crippen molar-refractivity contribution >= 4 is 11.2 Å². The normalized spacial score (nSPS) is 12.5. The van der Waals surface area contributed by atoms with Crippen LogP contribution in [0.3, 0.4) is 0 Å². The van der Waals surface area contributed by atoms with Crippen LogP contribution in [0.5, 0.6) is 0 Å². The van der Waals surface area contributed by atoms with E-state index in [2.05, 4.69) is 4.98 Å². The molecular weight excluding hydrogens is 282 g/mol. The average molecular weight is 307 g/mol. The molecule has 0 radical (unpaired) electrons. The Morgan fingerprint density at radius 3 is 2.32 bits per heavy atom. The van der Waals surface area contributed by atoms with Crippen LogP contribution >= 0.6 is 0 Å². The fraction of sp³-hybridized carbons (Fsp3) is 0.667. The summed E-state index contributed by atoms with van der Waals surface area (Å²) in [5.41, 5.74) is 5.88. The van der Waals surface area contributed by atoms with Crippen LogP contribution in [0.2, 0.25) is 0 Å². The van der Waals surface area contributed by atoms with Gasteiger partial charge in [-0.15, -0.1) is 0 Å². The smallest absolute Gasteiger partial charge is 0.324 e. The molecule has 0 fully saturated rings. The molecule has 7 heteroatoms. The molecule has 0 saturated carbocycles. The average Bonchev–Trinajstić information content (AvgIpc) is 2.72. The summed E-state index contributed by atoms with van der Waals surface area (Å²) in [4.78, 5) is 29.6. The molecule has 2 heterocycles. The van der Waals surface area contributed by atoms with Crippen molar-refractivity contribution in [3.8, 4) is 0 Å². The molecule has 122 valence electrons. The van der Waals surface area contributed by atoms with E-state index in [9.17, 15) is 9.59 Å². The summed E-state index contributed by atoms with van der Waals surface area (Å²) < 4.78 is 4.56. The standard InChI is InChI=1S/C15H25N5O2/c1-7-10-17-12-11(19(10)8-15(4,5)16)13(21)18(6)14(22)20(12)9(2)3/h9H,7-8,16H2,1-6H3. The second kappa shape index (κ2) is 5.39. The first-order chi connectivity index (χ1) is 10.1. The number of nitrogens with zero attached hydrogens (tertiary/aromatic N) is 4. The van der Waals surface area contributed by atoms with Crippen LogP contribution in [0.25, 0.3) is 11.2 Å². The molecule has 22 heavy (non-hydrogen) atoms. The summed E-state index contributed by atoms with van der Waals surface area (Å²) in [6.07, 6.45) is 0.667. The van der Waals surface area contributed by atoms with E-state index in [-0.39, 0.29) is 17.3 Å². The van der Waals surface area contributed by atoms with Gasteiger partial charge >= 0.3 is 5.69 Å². The molecule has 2 rings (SSSR count). The number of hydrogen-bond acceptors (Lipinski definition) is 4. The summed E-state index contributed by atoms with van der Waals surface area (Å²) in [6.45, 7) is 10.1. The van der Waals surface area contributed by atoms with Gasteiger partial charge in [-0.1, -0.05) is 6.92 Å². The largest absolute Gasteiger partial charge is 0.332 e. The van der Waals surface area contributed by atoms with Crippen LogP contribution in [0.15, 0.2) is 9.59 Å². The number of fused-ring (bicyclic) bond motifs is 1. The maximum atomic E-state index is 12.6.